The molecule has 2 aromatic heterocycles. The third-order valence-corrected chi connectivity index (χ3v) is 4.86. The number of benzene rings is 1. The molecule has 1 aliphatic rings. The van der Waals surface area contributed by atoms with Crippen molar-refractivity contribution >= 4 is 28.3 Å². The summed E-state index contributed by atoms with van der Waals surface area (Å²) in [5, 5.41) is 7.84. The number of hydrogen-bond acceptors (Lipinski definition) is 7. The summed E-state index contributed by atoms with van der Waals surface area (Å²) in [7, 11) is 0. The monoisotopic (exact) mass is 399 g/mol. The lowest BCUT2D eigenvalue weighted by Crippen LogP contribution is -2.23. The normalized spacial score (nSPS) is 12.0. The first-order chi connectivity index (χ1) is 13.7. The van der Waals surface area contributed by atoms with E-state index in [2.05, 4.69) is 15.6 Å². The van der Waals surface area contributed by atoms with E-state index in [9.17, 15) is 9.59 Å². The lowest BCUT2D eigenvalue weighted by molar-refractivity contribution is -0.121. The Morgan fingerprint density at radius 2 is 2.07 bits per heavy atom. The summed E-state index contributed by atoms with van der Waals surface area (Å²) in [6.45, 7) is 0.639. The molecule has 0 radical (unpaired) electrons. The van der Waals surface area contributed by atoms with Crippen LogP contribution in [0.4, 0.5) is 5.13 Å². The molecule has 3 aromatic rings. The molecule has 0 unspecified atom stereocenters. The molecule has 4 rings (SSSR count). The highest BCUT2D eigenvalue weighted by Gasteiger charge is 2.14. The smallest absolute Gasteiger partial charge is 0.293 e. The van der Waals surface area contributed by atoms with Gasteiger partial charge in [-0.3, -0.25) is 14.9 Å². The van der Waals surface area contributed by atoms with Gasteiger partial charge in [-0.1, -0.05) is 6.07 Å². The Bertz CT molecular complexity index is 983. The van der Waals surface area contributed by atoms with Gasteiger partial charge in [0, 0.05) is 18.3 Å². The first-order valence-corrected chi connectivity index (χ1v) is 9.50. The van der Waals surface area contributed by atoms with Gasteiger partial charge in [-0.15, -0.1) is 11.3 Å². The van der Waals surface area contributed by atoms with Gasteiger partial charge in [0.1, 0.15) is 0 Å². The number of hydrogen-bond donors (Lipinski definition) is 2. The molecule has 28 heavy (non-hydrogen) atoms. The first-order valence-electron chi connectivity index (χ1n) is 8.62. The van der Waals surface area contributed by atoms with Crippen molar-refractivity contribution < 1.29 is 23.5 Å². The average molecular weight is 399 g/mol. The Morgan fingerprint density at radius 1 is 1.18 bits per heavy atom. The molecule has 144 valence electrons. The maximum atomic E-state index is 12.1. The second kappa shape index (κ2) is 8.13. The number of thiazole rings is 1. The van der Waals surface area contributed by atoms with Crippen molar-refractivity contribution in [2.24, 2.45) is 0 Å². The Hall–Kier alpha value is -3.33. The number of fused-ring (bicyclic) bond motifs is 1. The molecule has 0 saturated carbocycles. The van der Waals surface area contributed by atoms with Gasteiger partial charge in [-0.25, -0.2) is 4.98 Å². The van der Waals surface area contributed by atoms with Crippen LogP contribution in [0.15, 0.2) is 46.4 Å². The Kier molecular flexibility index (Phi) is 5.24. The second-order valence-corrected chi connectivity index (χ2v) is 6.90. The van der Waals surface area contributed by atoms with E-state index in [0.717, 1.165) is 11.3 Å². The summed E-state index contributed by atoms with van der Waals surface area (Å²) in [5.74, 6) is 1.20. The lowest BCUT2D eigenvalue weighted by atomic mass is 10.2. The lowest BCUT2D eigenvalue weighted by Gasteiger charge is -2.06. The fraction of sp³-hybridized carbons (Fsp3) is 0.211. The van der Waals surface area contributed by atoms with Crippen molar-refractivity contribution in [3.05, 3.63) is 59.0 Å². The predicted molar refractivity (Wildman–Crippen MR) is 102 cm³/mol. The van der Waals surface area contributed by atoms with Crippen LogP contribution in [0.25, 0.3) is 0 Å². The van der Waals surface area contributed by atoms with E-state index in [1.807, 2.05) is 23.6 Å². The highest BCUT2D eigenvalue weighted by molar-refractivity contribution is 7.13. The zero-order chi connectivity index (χ0) is 19.3. The molecular formula is C19H17N3O5S. The van der Waals surface area contributed by atoms with Gasteiger partial charge in [0.25, 0.3) is 5.91 Å². The summed E-state index contributed by atoms with van der Waals surface area (Å²) >= 11 is 1.31. The number of ether oxygens (including phenoxy) is 2. The van der Waals surface area contributed by atoms with Crippen LogP contribution in [0.5, 0.6) is 11.5 Å². The molecule has 0 spiro atoms. The maximum Gasteiger partial charge on any atom is 0.293 e. The molecule has 0 saturated heterocycles. The molecule has 9 heteroatoms. The van der Waals surface area contributed by atoms with Gasteiger partial charge in [-0.05, 0) is 36.2 Å². The first kappa shape index (κ1) is 18.1. The van der Waals surface area contributed by atoms with Gasteiger partial charge in [0.05, 0.1) is 12.0 Å². The van der Waals surface area contributed by atoms with E-state index < -0.39 is 0 Å². The van der Waals surface area contributed by atoms with Gasteiger partial charge in [0.15, 0.2) is 22.4 Å². The molecule has 0 fully saturated rings. The van der Waals surface area contributed by atoms with Gasteiger partial charge in [-0.2, -0.15) is 0 Å². The van der Waals surface area contributed by atoms with E-state index in [4.69, 9.17) is 13.9 Å². The Labute approximate surface area is 164 Å². The zero-order valence-electron chi connectivity index (χ0n) is 14.8. The number of rotatable bonds is 7. The number of carbonyl (C=O) groups excluding carboxylic acids is 2. The Morgan fingerprint density at radius 3 is 2.93 bits per heavy atom. The molecule has 2 N–H and O–H groups in total. The van der Waals surface area contributed by atoms with E-state index in [1.54, 1.807) is 12.1 Å². The molecule has 2 amide bonds. The van der Waals surface area contributed by atoms with Crippen molar-refractivity contribution in [3.63, 3.8) is 0 Å². The molecule has 0 bridgehead atoms. The van der Waals surface area contributed by atoms with Crippen molar-refractivity contribution in [1.82, 2.24) is 10.3 Å². The molecule has 1 aliphatic heterocycles. The Balaban J connectivity index is 1.23. The van der Waals surface area contributed by atoms with E-state index in [0.29, 0.717) is 36.0 Å². The van der Waals surface area contributed by atoms with Crippen LogP contribution in [0, 0.1) is 0 Å². The zero-order valence-corrected chi connectivity index (χ0v) is 15.6. The number of furan rings is 1. The molecule has 1 aromatic carbocycles. The second-order valence-electron chi connectivity index (χ2n) is 6.04. The largest absolute Gasteiger partial charge is 0.459 e. The molecule has 8 nitrogen and oxygen atoms in total. The number of nitrogens with one attached hydrogen (secondary N) is 2. The van der Waals surface area contributed by atoms with Crippen molar-refractivity contribution in [2.75, 3.05) is 12.1 Å². The van der Waals surface area contributed by atoms with E-state index in [1.165, 1.54) is 17.6 Å². The van der Waals surface area contributed by atoms with Crippen LogP contribution >= 0.6 is 11.3 Å². The highest BCUT2D eigenvalue weighted by Crippen LogP contribution is 2.32. The molecular weight excluding hydrogens is 382 g/mol. The van der Waals surface area contributed by atoms with Crippen molar-refractivity contribution in [3.8, 4) is 11.5 Å². The van der Waals surface area contributed by atoms with Crippen LogP contribution in [0.1, 0.15) is 28.2 Å². The molecule has 0 atom stereocenters. The fourth-order valence-electron chi connectivity index (χ4n) is 2.63. The number of amides is 2. The average Bonchev–Trinajstić information content (AvgIpc) is 3.45. The van der Waals surface area contributed by atoms with Gasteiger partial charge >= 0.3 is 0 Å². The number of aromatic nitrogens is 1. The summed E-state index contributed by atoms with van der Waals surface area (Å²) in [6, 6.07) is 8.80. The minimum atomic E-state index is -0.354. The fourth-order valence-corrected chi connectivity index (χ4v) is 3.37. The molecule has 0 aliphatic carbocycles. The van der Waals surface area contributed by atoms with Crippen LogP contribution in [-0.4, -0.2) is 23.6 Å². The van der Waals surface area contributed by atoms with E-state index >= 15 is 0 Å². The van der Waals surface area contributed by atoms with Crippen LogP contribution in [-0.2, 0) is 17.8 Å². The number of carbonyl (C=O) groups is 2. The SMILES string of the molecule is O=C(CCc1csc(NC(=O)c2ccco2)n1)NCc1ccc2c(c1)OCO2. The van der Waals surface area contributed by atoms with Crippen molar-refractivity contribution in [2.45, 2.75) is 19.4 Å². The summed E-state index contributed by atoms with van der Waals surface area (Å²) in [6.07, 6.45) is 2.23. The van der Waals surface area contributed by atoms with Crippen LogP contribution in [0.2, 0.25) is 0 Å². The number of aryl methyl sites for hydroxylation is 1. The van der Waals surface area contributed by atoms with Crippen LogP contribution in [0.3, 0.4) is 0 Å². The summed E-state index contributed by atoms with van der Waals surface area (Å²) < 4.78 is 15.6. The predicted octanol–water partition coefficient (Wildman–Crippen LogP) is 2.97. The molecule has 3 heterocycles. The summed E-state index contributed by atoms with van der Waals surface area (Å²) in [5.41, 5.74) is 1.69. The highest BCUT2D eigenvalue weighted by atomic mass is 32.1. The van der Waals surface area contributed by atoms with Crippen molar-refractivity contribution in [1.29, 1.82) is 0 Å². The minimum Gasteiger partial charge on any atom is -0.459 e. The topological polar surface area (TPSA) is 103 Å². The third kappa shape index (κ3) is 4.32. The van der Waals surface area contributed by atoms with Gasteiger partial charge < -0.3 is 19.2 Å². The third-order valence-electron chi connectivity index (χ3n) is 4.05. The maximum absolute atomic E-state index is 12.1. The number of anilines is 1. The van der Waals surface area contributed by atoms with Gasteiger partial charge in [0.2, 0.25) is 12.7 Å². The van der Waals surface area contributed by atoms with E-state index in [-0.39, 0.29) is 24.4 Å². The minimum absolute atomic E-state index is 0.0770. The summed E-state index contributed by atoms with van der Waals surface area (Å²) in [4.78, 5) is 28.3. The standard InChI is InChI=1S/C19H17N3O5S/c23-17(20-9-12-3-5-14-16(8-12)27-11-26-14)6-4-13-10-28-19(21-13)22-18(24)15-2-1-7-25-15/h1-3,5,7-8,10H,4,6,9,11H2,(H,20,23)(H,21,22,24). The van der Waals surface area contributed by atoms with Crippen LogP contribution < -0.4 is 20.1 Å². The quantitative estimate of drug-likeness (QED) is 0.633. The number of nitrogens with zero attached hydrogens (tertiary/aromatic N) is 1.